The second-order valence-corrected chi connectivity index (χ2v) is 3.07. The van der Waals surface area contributed by atoms with Crippen LogP contribution in [0.2, 0.25) is 0 Å². The van der Waals surface area contributed by atoms with Crippen molar-refractivity contribution >= 4 is 0 Å². The molecule has 1 rings (SSSR count). The maximum atomic E-state index is 12.4. The first-order chi connectivity index (χ1) is 7.16. The molecule has 0 spiro atoms. The standard InChI is InChI=1S/C9H7F6N/c10-8(11,12)6-2-1-5(4-16)7(3-6)9(13,14)15/h1-3H,4,16H2. The van der Waals surface area contributed by atoms with Crippen molar-refractivity contribution in [3.05, 3.63) is 34.9 Å². The van der Waals surface area contributed by atoms with Gasteiger partial charge in [-0.25, -0.2) is 0 Å². The van der Waals surface area contributed by atoms with Gasteiger partial charge in [-0.1, -0.05) is 6.07 Å². The maximum Gasteiger partial charge on any atom is 0.416 e. The van der Waals surface area contributed by atoms with Crippen LogP contribution in [0.1, 0.15) is 16.7 Å². The Morgan fingerprint density at radius 2 is 1.50 bits per heavy atom. The average Bonchev–Trinajstić information content (AvgIpc) is 2.14. The van der Waals surface area contributed by atoms with Crippen LogP contribution in [0.15, 0.2) is 18.2 Å². The highest BCUT2D eigenvalue weighted by molar-refractivity contribution is 5.35. The quantitative estimate of drug-likeness (QED) is 0.753. The molecular weight excluding hydrogens is 236 g/mol. The molecule has 0 atom stereocenters. The molecule has 16 heavy (non-hydrogen) atoms. The SMILES string of the molecule is NCc1ccc(C(F)(F)F)cc1C(F)(F)F. The Morgan fingerprint density at radius 3 is 1.88 bits per heavy atom. The molecule has 1 aromatic rings. The van der Waals surface area contributed by atoms with E-state index >= 15 is 0 Å². The predicted octanol–water partition coefficient (Wildman–Crippen LogP) is 3.18. The number of benzene rings is 1. The highest BCUT2D eigenvalue weighted by atomic mass is 19.4. The highest BCUT2D eigenvalue weighted by Crippen LogP contribution is 2.37. The lowest BCUT2D eigenvalue weighted by molar-refractivity contribution is -0.143. The van der Waals surface area contributed by atoms with Gasteiger partial charge in [0.05, 0.1) is 11.1 Å². The van der Waals surface area contributed by atoms with Crippen molar-refractivity contribution in [2.24, 2.45) is 5.73 Å². The fourth-order valence-electron chi connectivity index (χ4n) is 1.19. The minimum absolute atomic E-state index is 0.0716. The Kier molecular flexibility index (Phi) is 3.18. The van der Waals surface area contributed by atoms with Gasteiger partial charge in [-0.15, -0.1) is 0 Å². The lowest BCUT2D eigenvalue weighted by atomic mass is 10.0. The van der Waals surface area contributed by atoms with Gasteiger partial charge in [-0.3, -0.25) is 0 Å². The summed E-state index contributed by atoms with van der Waals surface area (Å²) in [5, 5.41) is 0. The van der Waals surface area contributed by atoms with Crippen molar-refractivity contribution in [2.45, 2.75) is 18.9 Å². The lowest BCUT2D eigenvalue weighted by Crippen LogP contribution is -2.15. The highest BCUT2D eigenvalue weighted by Gasteiger charge is 2.37. The van der Waals surface area contributed by atoms with Crippen LogP contribution < -0.4 is 5.73 Å². The van der Waals surface area contributed by atoms with Crippen LogP contribution in [-0.4, -0.2) is 0 Å². The number of halogens is 6. The molecular formula is C9H7F6N. The van der Waals surface area contributed by atoms with Gasteiger partial charge < -0.3 is 5.73 Å². The topological polar surface area (TPSA) is 26.0 Å². The molecule has 0 saturated heterocycles. The van der Waals surface area contributed by atoms with Gasteiger partial charge in [-0.2, -0.15) is 26.3 Å². The summed E-state index contributed by atoms with van der Waals surface area (Å²) in [7, 11) is 0. The smallest absolute Gasteiger partial charge is 0.326 e. The minimum atomic E-state index is -4.84. The number of rotatable bonds is 1. The van der Waals surface area contributed by atoms with Gasteiger partial charge in [0, 0.05) is 6.54 Å². The molecule has 0 amide bonds. The van der Waals surface area contributed by atoms with E-state index in [2.05, 4.69) is 0 Å². The zero-order valence-electron chi connectivity index (χ0n) is 7.78. The minimum Gasteiger partial charge on any atom is -0.326 e. The molecule has 0 aliphatic heterocycles. The summed E-state index contributed by atoms with van der Waals surface area (Å²) in [6.45, 7) is -0.465. The van der Waals surface area contributed by atoms with Crippen LogP contribution in [0.4, 0.5) is 26.3 Å². The van der Waals surface area contributed by atoms with Crippen molar-refractivity contribution in [3.8, 4) is 0 Å². The summed E-state index contributed by atoms with van der Waals surface area (Å²) < 4.78 is 73.7. The Morgan fingerprint density at radius 1 is 0.938 bits per heavy atom. The molecule has 0 aliphatic rings. The largest absolute Gasteiger partial charge is 0.416 e. The third kappa shape index (κ3) is 2.66. The van der Waals surface area contributed by atoms with Crippen molar-refractivity contribution in [1.82, 2.24) is 0 Å². The molecule has 1 nitrogen and oxygen atoms in total. The average molecular weight is 243 g/mol. The zero-order chi connectivity index (χ0) is 12.6. The third-order valence-corrected chi connectivity index (χ3v) is 1.96. The fourth-order valence-corrected chi connectivity index (χ4v) is 1.19. The molecule has 0 heterocycles. The van der Waals surface area contributed by atoms with E-state index in [9.17, 15) is 26.3 Å². The Labute approximate surface area is 86.9 Å². The molecule has 0 fully saturated rings. The van der Waals surface area contributed by atoms with Crippen molar-refractivity contribution in [2.75, 3.05) is 0 Å². The molecule has 2 N–H and O–H groups in total. The second kappa shape index (κ2) is 3.97. The fraction of sp³-hybridized carbons (Fsp3) is 0.333. The summed E-state index contributed by atoms with van der Waals surface area (Å²) in [5.41, 5.74) is 1.99. The number of nitrogens with two attached hydrogens (primary N) is 1. The zero-order valence-corrected chi connectivity index (χ0v) is 7.78. The van der Waals surface area contributed by atoms with E-state index in [4.69, 9.17) is 5.73 Å². The first kappa shape index (κ1) is 12.8. The Bertz CT molecular complexity index is 379. The number of hydrogen-bond donors (Lipinski definition) is 1. The van der Waals surface area contributed by atoms with Crippen molar-refractivity contribution in [1.29, 1.82) is 0 Å². The maximum absolute atomic E-state index is 12.4. The third-order valence-electron chi connectivity index (χ3n) is 1.96. The molecule has 0 radical (unpaired) electrons. The summed E-state index contributed by atoms with van der Waals surface area (Å²) in [6, 6.07) is 1.39. The van der Waals surface area contributed by atoms with Crippen LogP contribution in [0.5, 0.6) is 0 Å². The van der Waals surface area contributed by atoms with Gasteiger partial charge in [0.2, 0.25) is 0 Å². The molecule has 0 aliphatic carbocycles. The van der Waals surface area contributed by atoms with Gasteiger partial charge in [0.15, 0.2) is 0 Å². The molecule has 7 heteroatoms. The van der Waals surface area contributed by atoms with Crippen LogP contribution in [0.3, 0.4) is 0 Å². The van der Waals surface area contributed by atoms with Crippen molar-refractivity contribution in [3.63, 3.8) is 0 Å². The normalized spacial score (nSPS) is 12.9. The van der Waals surface area contributed by atoms with Crippen molar-refractivity contribution < 1.29 is 26.3 Å². The summed E-state index contributed by atoms with van der Waals surface area (Å²) in [6.07, 6.45) is -9.64. The van der Waals surface area contributed by atoms with E-state index < -0.39 is 30.0 Å². The Hall–Kier alpha value is -1.24. The van der Waals surface area contributed by atoms with E-state index in [0.29, 0.717) is 6.07 Å². The van der Waals surface area contributed by atoms with E-state index in [1.165, 1.54) is 0 Å². The Balaban J connectivity index is 3.34. The molecule has 0 bridgehead atoms. The van der Waals surface area contributed by atoms with E-state index in [1.807, 2.05) is 0 Å². The van der Waals surface area contributed by atoms with Crippen LogP contribution in [0.25, 0.3) is 0 Å². The molecule has 1 aromatic carbocycles. The molecule has 0 aromatic heterocycles. The summed E-state index contributed by atoms with van der Waals surface area (Å²) in [5.74, 6) is 0. The monoisotopic (exact) mass is 243 g/mol. The van der Waals surface area contributed by atoms with Gasteiger partial charge >= 0.3 is 12.4 Å². The van der Waals surface area contributed by atoms with E-state index in [-0.39, 0.29) is 11.6 Å². The van der Waals surface area contributed by atoms with Gasteiger partial charge in [-0.05, 0) is 17.7 Å². The summed E-state index contributed by atoms with van der Waals surface area (Å²) >= 11 is 0. The predicted molar refractivity (Wildman–Crippen MR) is 44.3 cm³/mol. The lowest BCUT2D eigenvalue weighted by Gasteiger charge is -2.14. The summed E-state index contributed by atoms with van der Waals surface area (Å²) in [4.78, 5) is 0. The van der Waals surface area contributed by atoms with Gasteiger partial charge in [0.25, 0.3) is 0 Å². The molecule has 0 saturated carbocycles. The van der Waals surface area contributed by atoms with Gasteiger partial charge in [0.1, 0.15) is 0 Å². The molecule has 90 valence electrons. The van der Waals surface area contributed by atoms with E-state index in [0.717, 1.165) is 6.07 Å². The first-order valence-corrected chi connectivity index (χ1v) is 4.13. The van der Waals surface area contributed by atoms with Crippen LogP contribution in [0, 0.1) is 0 Å². The van der Waals surface area contributed by atoms with Crippen LogP contribution in [-0.2, 0) is 18.9 Å². The molecule has 0 unspecified atom stereocenters. The number of alkyl halides is 6. The van der Waals surface area contributed by atoms with E-state index in [1.54, 1.807) is 0 Å². The number of hydrogen-bond acceptors (Lipinski definition) is 1. The second-order valence-electron chi connectivity index (χ2n) is 3.07. The van der Waals surface area contributed by atoms with Crippen LogP contribution >= 0.6 is 0 Å². The first-order valence-electron chi connectivity index (χ1n) is 4.13.